The standard InChI is InChI=1S/C15H27NO4/c1-14(2,3)19-12(17)10-8-7-9-11-16-13(18)20-15(4,5)6/h8,10H,7,9,11H2,1-6H3,(H,16,18)/b10-8+. The van der Waals surface area contributed by atoms with Crippen LogP contribution in [0.3, 0.4) is 0 Å². The molecule has 0 rings (SSSR count). The van der Waals surface area contributed by atoms with Crippen molar-refractivity contribution in [3.05, 3.63) is 12.2 Å². The average molecular weight is 285 g/mol. The van der Waals surface area contributed by atoms with Gasteiger partial charge in [-0.1, -0.05) is 6.08 Å². The van der Waals surface area contributed by atoms with Gasteiger partial charge in [0.15, 0.2) is 0 Å². The average Bonchev–Trinajstić information content (AvgIpc) is 2.17. The van der Waals surface area contributed by atoms with Gasteiger partial charge in [-0.05, 0) is 54.4 Å². The molecule has 116 valence electrons. The lowest BCUT2D eigenvalue weighted by molar-refractivity contribution is -0.148. The molecule has 5 heteroatoms. The van der Waals surface area contributed by atoms with E-state index >= 15 is 0 Å². The van der Waals surface area contributed by atoms with Crippen LogP contribution in [0.2, 0.25) is 0 Å². The highest BCUT2D eigenvalue weighted by Gasteiger charge is 2.15. The highest BCUT2D eigenvalue weighted by atomic mass is 16.6. The number of rotatable bonds is 5. The summed E-state index contributed by atoms with van der Waals surface area (Å²) in [4.78, 5) is 22.7. The minimum atomic E-state index is -0.485. The molecule has 5 nitrogen and oxygen atoms in total. The normalized spacial score (nSPS) is 12.3. The fourth-order valence-corrected chi connectivity index (χ4v) is 1.24. The third-order valence-electron chi connectivity index (χ3n) is 1.88. The van der Waals surface area contributed by atoms with E-state index in [0.29, 0.717) is 13.0 Å². The lowest BCUT2D eigenvalue weighted by Gasteiger charge is -2.19. The van der Waals surface area contributed by atoms with Gasteiger partial charge in [0.25, 0.3) is 0 Å². The van der Waals surface area contributed by atoms with Crippen molar-refractivity contribution in [2.75, 3.05) is 6.54 Å². The number of hydrogen-bond acceptors (Lipinski definition) is 4. The zero-order valence-electron chi connectivity index (χ0n) is 13.4. The van der Waals surface area contributed by atoms with Gasteiger partial charge in [0, 0.05) is 12.6 Å². The lowest BCUT2D eigenvalue weighted by atomic mass is 10.2. The summed E-state index contributed by atoms with van der Waals surface area (Å²) < 4.78 is 10.2. The molecule has 0 aliphatic heterocycles. The maximum atomic E-state index is 11.4. The van der Waals surface area contributed by atoms with Crippen molar-refractivity contribution >= 4 is 12.1 Å². The van der Waals surface area contributed by atoms with E-state index in [1.54, 1.807) is 6.08 Å². The zero-order chi connectivity index (χ0) is 15.8. The van der Waals surface area contributed by atoms with E-state index in [0.717, 1.165) is 6.42 Å². The van der Waals surface area contributed by atoms with Crippen molar-refractivity contribution < 1.29 is 19.1 Å². The molecule has 0 unspecified atom stereocenters. The molecule has 0 spiro atoms. The molecule has 0 aliphatic carbocycles. The summed E-state index contributed by atoms with van der Waals surface area (Å²) >= 11 is 0. The first kappa shape index (κ1) is 18.5. The van der Waals surface area contributed by atoms with Gasteiger partial charge in [-0.3, -0.25) is 0 Å². The first-order chi connectivity index (χ1) is 8.99. The quantitative estimate of drug-likeness (QED) is 0.478. The van der Waals surface area contributed by atoms with E-state index in [1.165, 1.54) is 6.08 Å². The summed E-state index contributed by atoms with van der Waals surface area (Å²) in [7, 11) is 0. The highest BCUT2D eigenvalue weighted by Crippen LogP contribution is 2.08. The molecule has 0 bridgehead atoms. The number of hydrogen-bond donors (Lipinski definition) is 1. The summed E-state index contributed by atoms with van der Waals surface area (Å²) in [5, 5.41) is 2.65. The number of carbonyl (C=O) groups excluding carboxylic acids is 2. The van der Waals surface area contributed by atoms with Gasteiger partial charge in [0.2, 0.25) is 0 Å². The molecule has 1 N–H and O–H groups in total. The Kier molecular flexibility index (Phi) is 7.32. The Bertz CT molecular complexity index is 348. The van der Waals surface area contributed by atoms with Gasteiger partial charge in [0.05, 0.1) is 0 Å². The van der Waals surface area contributed by atoms with E-state index in [9.17, 15) is 9.59 Å². The van der Waals surface area contributed by atoms with Crippen LogP contribution >= 0.6 is 0 Å². The zero-order valence-corrected chi connectivity index (χ0v) is 13.4. The van der Waals surface area contributed by atoms with Crippen LogP contribution in [0.1, 0.15) is 54.4 Å². The van der Waals surface area contributed by atoms with Crippen LogP contribution in [-0.4, -0.2) is 29.8 Å². The van der Waals surface area contributed by atoms with Gasteiger partial charge in [-0.2, -0.15) is 0 Å². The van der Waals surface area contributed by atoms with E-state index in [4.69, 9.17) is 9.47 Å². The van der Waals surface area contributed by atoms with E-state index in [2.05, 4.69) is 5.32 Å². The highest BCUT2D eigenvalue weighted by molar-refractivity contribution is 5.82. The molecule has 0 aliphatic rings. The molecule has 0 radical (unpaired) electrons. The first-order valence-corrected chi connectivity index (χ1v) is 6.86. The number of allylic oxidation sites excluding steroid dienone is 1. The summed E-state index contributed by atoms with van der Waals surface area (Å²) in [6, 6.07) is 0. The van der Waals surface area contributed by atoms with Gasteiger partial charge in [0.1, 0.15) is 11.2 Å². The molecule has 0 aromatic rings. The van der Waals surface area contributed by atoms with Crippen molar-refractivity contribution in [3.63, 3.8) is 0 Å². The molecule has 0 aromatic heterocycles. The molecule has 20 heavy (non-hydrogen) atoms. The number of unbranched alkanes of at least 4 members (excludes halogenated alkanes) is 1. The topological polar surface area (TPSA) is 64.6 Å². The van der Waals surface area contributed by atoms with E-state index in [1.807, 2.05) is 41.5 Å². The molecule has 0 aromatic carbocycles. The Morgan fingerprint density at radius 3 is 2.05 bits per heavy atom. The Balaban J connectivity index is 3.72. The third kappa shape index (κ3) is 12.9. The van der Waals surface area contributed by atoms with Gasteiger partial charge >= 0.3 is 12.1 Å². The van der Waals surface area contributed by atoms with Crippen molar-refractivity contribution in [2.24, 2.45) is 0 Å². The molecule has 0 saturated carbocycles. The molecule has 1 amide bonds. The summed E-state index contributed by atoms with van der Waals surface area (Å²) in [6.07, 6.45) is 4.16. The second-order valence-electron chi connectivity index (χ2n) is 6.51. The second kappa shape index (κ2) is 7.92. The van der Waals surface area contributed by atoms with Crippen molar-refractivity contribution in [3.8, 4) is 0 Å². The summed E-state index contributed by atoms with van der Waals surface area (Å²) in [5.41, 5.74) is -0.958. The Morgan fingerprint density at radius 1 is 1.00 bits per heavy atom. The Morgan fingerprint density at radius 2 is 1.55 bits per heavy atom. The number of ether oxygens (including phenoxy) is 2. The first-order valence-electron chi connectivity index (χ1n) is 6.86. The number of carbonyl (C=O) groups is 2. The Hall–Kier alpha value is -1.52. The van der Waals surface area contributed by atoms with Crippen LogP contribution in [0.25, 0.3) is 0 Å². The number of alkyl carbamates (subject to hydrolysis) is 1. The molecular weight excluding hydrogens is 258 g/mol. The minimum Gasteiger partial charge on any atom is -0.457 e. The van der Waals surface area contributed by atoms with Crippen LogP contribution in [0.5, 0.6) is 0 Å². The SMILES string of the molecule is CC(C)(C)OC(=O)/C=C/CCCNC(=O)OC(C)(C)C. The largest absolute Gasteiger partial charge is 0.457 e. The van der Waals surface area contributed by atoms with Gasteiger partial charge < -0.3 is 14.8 Å². The number of amides is 1. The maximum absolute atomic E-state index is 11.4. The van der Waals surface area contributed by atoms with Crippen molar-refractivity contribution in [1.29, 1.82) is 0 Å². The van der Waals surface area contributed by atoms with Crippen LogP contribution in [0.4, 0.5) is 4.79 Å². The van der Waals surface area contributed by atoms with Crippen molar-refractivity contribution in [2.45, 2.75) is 65.6 Å². The van der Waals surface area contributed by atoms with E-state index in [-0.39, 0.29) is 5.97 Å². The summed E-state index contributed by atoms with van der Waals surface area (Å²) in [5.74, 6) is -0.349. The summed E-state index contributed by atoms with van der Waals surface area (Å²) in [6.45, 7) is 11.4. The third-order valence-corrected chi connectivity index (χ3v) is 1.88. The molecule has 0 saturated heterocycles. The van der Waals surface area contributed by atoms with Gasteiger partial charge in [-0.15, -0.1) is 0 Å². The number of nitrogens with one attached hydrogen (secondary N) is 1. The van der Waals surface area contributed by atoms with Crippen LogP contribution in [0.15, 0.2) is 12.2 Å². The Labute approximate surface area is 121 Å². The smallest absolute Gasteiger partial charge is 0.407 e. The van der Waals surface area contributed by atoms with Crippen LogP contribution in [0, 0.1) is 0 Å². The van der Waals surface area contributed by atoms with Crippen LogP contribution in [-0.2, 0) is 14.3 Å². The second-order valence-corrected chi connectivity index (χ2v) is 6.51. The van der Waals surface area contributed by atoms with Crippen LogP contribution < -0.4 is 5.32 Å². The van der Waals surface area contributed by atoms with E-state index < -0.39 is 17.3 Å². The fraction of sp³-hybridized carbons (Fsp3) is 0.733. The molecular formula is C15H27NO4. The minimum absolute atomic E-state index is 0.349. The van der Waals surface area contributed by atoms with Crippen molar-refractivity contribution in [1.82, 2.24) is 5.32 Å². The number of esters is 1. The molecule has 0 fully saturated rings. The molecule has 0 atom stereocenters. The monoisotopic (exact) mass is 285 g/mol. The van der Waals surface area contributed by atoms with Gasteiger partial charge in [-0.25, -0.2) is 9.59 Å². The maximum Gasteiger partial charge on any atom is 0.407 e. The lowest BCUT2D eigenvalue weighted by Crippen LogP contribution is -2.32. The predicted molar refractivity (Wildman–Crippen MR) is 78.5 cm³/mol. The molecule has 0 heterocycles. The fourth-order valence-electron chi connectivity index (χ4n) is 1.24. The predicted octanol–water partition coefficient (Wildman–Crippen LogP) is 3.19.